The van der Waals surface area contributed by atoms with Gasteiger partial charge in [-0.25, -0.2) is 9.18 Å². The summed E-state index contributed by atoms with van der Waals surface area (Å²) in [6.45, 7) is 4.15. The molecule has 2 saturated heterocycles. The quantitative estimate of drug-likeness (QED) is 0.117. The summed E-state index contributed by atoms with van der Waals surface area (Å²) >= 11 is 12.6. The van der Waals surface area contributed by atoms with Crippen LogP contribution >= 0.6 is 35.6 Å². The highest BCUT2D eigenvalue weighted by Crippen LogP contribution is 2.36. The highest BCUT2D eigenvalue weighted by atomic mass is 35.5. The van der Waals surface area contributed by atoms with E-state index in [1.807, 2.05) is 12.1 Å². The molecule has 0 bridgehead atoms. The van der Waals surface area contributed by atoms with Crippen LogP contribution < -0.4 is 9.47 Å². The van der Waals surface area contributed by atoms with Crippen molar-refractivity contribution in [3.05, 3.63) is 87.5 Å². The fraction of sp³-hybridized carbons (Fsp3) is 0.250. The van der Waals surface area contributed by atoms with Crippen LogP contribution in [-0.4, -0.2) is 83.1 Å². The summed E-state index contributed by atoms with van der Waals surface area (Å²) in [6.07, 6.45) is 1.57. The summed E-state index contributed by atoms with van der Waals surface area (Å²) in [7, 11) is 0. The van der Waals surface area contributed by atoms with E-state index in [-0.39, 0.29) is 35.2 Å². The predicted molar refractivity (Wildman–Crippen MR) is 173 cm³/mol. The Kier molecular flexibility index (Phi) is 10.8. The van der Waals surface area contributed by atoms with Crippen molar-refractivity contribution in [2.24, 2.45) is 0 Å². The fourth-order valence-corrected chi connectivity index (χ4v) is 6.12. The third-order valence-electron chi connectivity index (χ3n) is 7.06. The van der Waals surface area contributed by atoms with Gasteiger partial charge in [0.1, 0.15) is 28.2 Å². The van der Waals surface area contributed by atoms with Crippen molar-refractivity contribution in [3.8, 4) is 22.6 Å². The van der Waals surface area contributed by atoms with E-state index < -0.39 is 17.8 Å². The van der Waals surface area contributed by atoms with Gasteiger partial charge in [0, 0.05) is 31.7 Å². The minimum Gasteiger partial charge on any atom is -0.492 e. The van der Waals surface area contributed by atoms with Gasteiger partial charge in [-0.15, -0.1) is 0 Å². The molecule has 3 aromatic carbocycles. The first kappa shape index (κ1) is 32.6. The Bertz CT molecular complexity index is 1640. The lowest BCUT2D eigenvalue weighted by atomic mass is 10.0. The second kappa shape index (κ2) is 15.0. The van der Waals surface area contributed by atoms with Crippen LogP contribution in [-0.2, 0) is 14.3 Å². The molecular formula is C32H28ClFN2O7S2. The lowest BCUT2D eigenvalue weighted by Gasteiger charge is -2.26. The van der Waals surface area contributed by atoms with E-state index in [2.05, 4.69) is 4.90 Å². The maximum atomic E-state index is 13.8. The van der Waals surface area contributed by atoms with Gasteiger partial charge in [-0.05, 0) is 65.7 Å². The minimum absolute atomic E-state index is 0.00318. The zero-order chi connectivity index (χ0) is 31.9. The number of ether oxygens (including phenoxy) is 3. The highest BCUT2D eigenvalue weighted by Gasteiger charge is 2.32. The molecule has 0 saturated carbocycles. The number of nitrogens with zero attached hydrogens (tertiary/aromatic N) is 2. The molecule has 13 heteroatoms. The summed E-state index contributed by atoms with van der Waals surface area (Å²) in [6, 6.07) is 15.4. The molecule has 0 unspecified atom stereocenters. The molecule has 0 aliphatic carbocycles. The molecule has 0 aromatic heterocycles. The van der Waals surface area contributed by atoms with Gasteiger partial charge >= 0.3 is 11.9 Å². The molecular weight excluding hydrogens is 643 g/mol. The Morgan fingerprint density at radius 2 is 1.76 bits per heavy atom. The fourth-order valence-electron chi connectivity index (χ4n) is 4.64. The molecule has 1 N–H and O–H groups in total. The number of thiocarbonyl (C=S) groups is 1. The second-order valence-electron chi connectivity index (χ2n) is 10.1. The number of thioether (sulfide) groups is 1. The van der Waals surface area contributed by atoms with Gasteiger partial charge in [-0.2, -0.15) is 0 Å². The molecule has 234 valence electrons. The average Bonchev–Trinajstić information content (AvgIpc) is 3.30. The first-order chi connectivity index (χ1) is 21.7. The maximum Gasteiger partial charge on any atom is 0.335 e. The minimum atomic E-state index is -1.09. The van der Waals surface area contributed by atoms with Crippen molar-refractivity contribution >= 4 is 63.8 Å². The number of halogens is 2. The van der Waals surface area contributed by atoms with Crippen LogP contribution in [0.2, 0.25) is 5.02 Å². The number of hydrogen-bond donors (Lipinski definition) is 1. The van der Waals surface area contributed by atoms with E-state index in [1.54, 1.807) is 18.2 Å². The number of carboxylic acids is 1. The van der Waals surface area contributed by atoms with Crippen LogP contribution in [0, 0.1) is 5.82 Å². The predicted octanol–water partition coefficient (Wildman–Crippen LogP) is 5.75. The number of carboxylic acid groups (broad SMARTS) is 1. The van der Waals surface area contributed by atoms with E-state index in [1.165, 1.54) is 41.3 Å². The Labute approximate surface area is 273 Å². The van der Waals surface area contributed by atoms with Gasteiger partial charge in [-0.1, -0.05) is 47.7 Å². The van der Waals surface area contributed by atoms with Gasteiger partial charge in [0.2, 0.25) is 0 Å². The second-order valence-corrected chi connectivity index (χ2v) is 12.2. The topological polar surface area (TPSA) is 106 Å². The Morgan fingerprint density at radius 3 is 2.47 bits per heavy atom. The van der Waals surface area contributed by atoms with Crippen molar-refractivity contribution in [1.29, 1.82) is 0 Å². The SMILES string of the molecule is O=C(CCN1C(=O)/C(=C/c2cc(-c3ccc(F)c(Cl)c3)ccc2OCCN2CCOCC2)SC1=S)Oc1ccc(C(=O)O)cc1. The summed E-state index contributed by atoms with van der Waals surface area (Å²) in [5.41, 5.74) is 2.13. The number of carbonyl (C=O) groups excluding carboxylic acids is 2. The van der Waals surface area contributed by atoms with Crippen LogP contribution in [0.3, 0.4) is 0 Å². The van der Waals surface area contributed by atoms with Crippen molar-refractivity contribution < 1.29 is 38.1 Å². The molecule has 9 nitrogen and oxygen atoms in total. The average molecular weight is 671 g/mol. The smallest absolute Gasteiger partial charge is 0.335 e. The Hall–Kier alpha value is -3.81. The summed E-state index contributed by atoms with van der Waals surface area (Å²) in [5, 5.41) is 9.02. The first-order valence-electron chi connectivity index (χ1n) is 14.0. The highest BCUT2D eigenvalue weighted by molar-refractivity contribution is 8.26. The molecule has 2 heterocycles. The standard InChI is InChI=1S/C32H28ClFN2O7S2/c33-25-18-22(3-7-26(25)34)21-4-8-27(42-16-13-35-11-14-41-15-12-35)23(17-21)19-28-30(38)36(32(44)45-28)10-9-29(37)43-24-5-1-20(2-6-24)31(39)40/h1-8,17-19H,9-16H2,(H,39,40)/b28-19-. The van der Waals surface area contributed by atoms with Crippen molar-refractivity contribution in [2.75, 3.05) is 46.0 Å². The molecule has 3 aromatic rings. The molecule has 0 radical (unpaired) electrons. The van der Waals surface area contributed by atoms with Gasteiger partial charge < -0.3 is 19.3 Å². The van der Waals surface area contributed by atoms with Gasteiger partial charge in [0.05, 0.1) is 35.1 Å². The largest absolute Gasteiger partial charge is 0.492 e. The lowest BCUT2D eigenvalue weighted by molar-refractivity contribution is -0.134. The number of carbonyl (C=O) groups is 3. The van der Waals surface area contributed by atoms with E-state index in [9.17, 15) is 18.8 Å². The molecule has 5 rings (SSSR count). The van der Waals surface area contributed by atoms with Crippen molar-refractivity contribution in [3.63, 3.8) is 0 Å². The molecule has 0 spiro atoms. The molecule has 2 aliphatic heterocycles. The van der Waals surface area contributed by atoms with E-state index in [0.29, 0.717) is 52.5 Å². The van der Waals surface area contributed by atoms with Crippen molar-refractivity contribution in [1.82, 2.24) is 9.80 Å². The molecule has 2 aliphatic rings. The van der Waals surface area contributed by atoms with Gasteiger partial charge in [-0.3, -0.25) is 19.4 Å². The molecule has 0 atom stereocenters. The Morgan fingerprint density at radius 1 is 1.04 bits per heavy atom. The lowest BCUT2D eigenvalue weighted by Crippen LogP contribution is -2.38. The number of esters is 1. The third-order valence-corrected chi connectivity index (χ3v) is 8.73. The maximum absolute atomic E-state index is 13.8. The van der Waals surface area contributed by atoms with Gasteiger partial charge in [0.25, 0.3) is 5.91 Å². The number of benzene rings is 3. The first-order valence-corrected chi connectivity index (χ1v) is 15.6. The number of hydrogen-bond acceptors (Lipinski definition) is 9. The van der Waals surface area contributed by atoms with Crippen LogP contribution in [0.5, 0.6) is 11.5 Å². The summed E-state index contributed by atoms with van der Waals surface area (Å²) in [5.74, 6) is -1.82. The van der Waals surface area contributed by atoms with Crippen LogP contribution in [0.1, 0.15) is 22.3 Å². The van der Waals surface area contributed by atoms with Crippen LogP contribution in [0.4, 0.5) is 4.39 Å². The van der Waals surface area contributed by atoms with E-state index in [0.717, 1.165) is 30.4 Å². The monoisotopic (exact) mass is 670 g/mol. The number of aromatic carboxylic acids is 1. The number of rotatable bonds is 11. The number of amides is 1. The zero-order valence-electron chi connectivity index (χ0n) is 23.9. The molecule has 2 fully saturated rings. The van der Waals surface area contributed by atoms with Crippen LogP contribution in [0.15, 0.2) is 65.6 Å². The van der Waals surface area contributed by atoms with Gasteiger partial charge in [0.15, 0.2) is 0 Å². The summed E-state index contributed by atoms with van der Waals surface area (Å²) < 4.78 is 31.0. The van der Waals surface area contributed by atoms with Crippen LogP contribution in [0.25, 0.3) is 17.2 Å². The third kappa shape index (κ3) is 8.47. The van der Waals surface area contributed by atoms with Crippen molar-refractivity contribution in [2.45, 2.75) is 6.42 Å². The number of morpholine rings is 1. The summed E-state index contributed by atoms with van der Waals surface area (Å²) in [4.78, 5) is 40.8. The van der Waals surface area contributed by atoms with E-state index >= 15 is 0 Å². The zero-order valence-corrected chi connectivity index (χ0v) is 26.3. The Balaban J connectivity index is 1.30. The molecule has 1 amide bonds. The molecule has 45 heavy (non-hydrogen) atoms. The van der Waals surface area contributed by atoms with E-state index in [4.69, 9.17) is 43.1 Å². The normalized spacial score (nSPS) is 16.3.